The lowest BCUT2D eigenvalue weighted by molar-refractivity contribution is 0.111. The largest absolute Gasteiger partial charge is 0.489 e. The molecule has 3 N–H and O–H groups in total. The standard InChI is InChI=1S/C20H22FN5O5S/c1-11-6-14-15(25-11)4-5-16(18(14)21)31-20-19-12(2)17(8-26(19)23-10-22-20)30-9-13(27)7-24-32(3,28)29/h4-6,8,10,13,24-25,27H,7,9H2,1-3H3. The van der Waals surface area contributed by atoms with Crippen molar-refractivity contribution >= 4 is 26.4 Å². The summed E-state index contributed by atoms with van der Waals surface area (Å²) in [6.07, 6.45) is 2.79. The molecule has 12 heteroatoms. The minimum Gasteiger partial charge on any atom is -0.489 e. The van der Waals surface area contributed by atoms with Gasteiger partial charge in [-0.1, -0.05) is 0 Å². The van der Waals surface area contributed by atoms with Gasteiger partial charge >= 0.3 is 0 Å². The van der Waals surface area contributed by atoms with E-state index in [2.05, 4.69) is 19.8 Å². The first-order valence-corrected chi connectivity index (χ1v) is 11.6. The molecule has 1 aromatic carbocycles. The Morgan fingerprint density at radius 3 is 2.84 bits per heavy atom. The Labute approximate surface area is 183 Å². The molecular formula is C20H22FN5O5S. The van der Waals surface area contributed by atoms with Crippen LogP contribution >= 0.6 is 0 Å². The maximum Gasteiger partial charge on any atom is 0.247 e. The summed E-state index contributed by atoms with van der Waals surface area (Å²) in [6.45, 7) is 3.26. The number of aromatic nitrogens is 4. The van der Waals surface area contributed by atoms with Gasteiger partial charge < -0.3 is 19.6 Å². The number of benzene rings is 1. The van der Waals surface area contributed by atoms with Gasteiger partial charge in [0.15, 0.2) is 11.6 Å². The van der Waals surface area contributed by atoms with Gasteiger partial charge in [0.05, 0.1) is 12.5 Å². The minimum absolute atomic E-state index is 0.0161. The first kappa shape index (κ1) is 22.0. The Kier molecular flexibility index (Phi) is 5.75. The Balaban J connectivity index is 1.58. The monoisotopic (exact) mass is 463 g/mol. The van der Waals surface area contributed by atoms with Crippen molar-refractivity contribution in [2.45, 2.75) is 20.0 Å². The van der Waals surface area contributed by atoms with Gasteiger partial charge in [-0.05, 0) is 32.0 Å². The third kappa shape index (κ3) is 4.52. The maximum absolute atomic E-state index is 14.9. The SMILES string of the molecule is Cc1cc2c(F)c(Oc3ncnn4cc(OCC(O)CNS(C)(=O)=O)c(C)c34)ccc2[nH]1. The van der Waals surface area contributed by atoms with Gasteiger partial charge in [-0.3, -0.25) is 0 Å². The number of H-pyrrole nitrogens is 1. The molecule has 170 valence electrons. The molecule has 4 aromatic rings. The van der Waals surface area contributed by atoms with Crippen LogP contribution in [0.5, 0.6) is 17.4 Å². The minimum atomic E-state index is -3.42. The fraction of sp³-hybridized carbons (Fsp3) is 0.300. The molecule has 0 saturated heterocycles. The number of sulfonamides is 1. The number of ether oxygens (including phenoxy) is 2. The number of halogens is 1. The highest BCUT2D eigenvalue weighted by atomic mass is 32.2. The van der Waals surface area contributed by atoms with Crippen molar-refractivity contribution in [1.29, 1.82) is 0 Å². The van der Waals surface area contributed by atoms with Crippen molar-refractivity contribution in [2.75, 3.05) is 19.4 Å². The van der Waals surface area contributed by atoms with Gasteiger partial charge in [0.25, 0.3) is 0 Å². The molecule has 0 saturated carbocycles. The van der Waals surface area contributed by atoms with E-state index in [4.69, 9.17) is 9.47 Å². The van der Waals surface area contributed by atoms with E-state index in [-0.39, 0.29) is 24.8 Å². The summed E-state index contributed by atoms with van der Waals surface area (Å²) >= 11 is 0. The zero-order valence-electron chi connectivity index (χ0n) is 17.6. The average molecular weight is 463 g/mol. The topological polar surface area (TPSA) is 131 Å². The average Bonchev–Trinajstić information content (AvgIpc) is 3.27. The molecule has 10 nitrogen and oxygen atoms in total. The smallest absolute Gasteiger partial charge is 0.247 e. The van der Waals surface area contributed by atoms with Gasteiger partial charge in [-0.2, -0.15) is 10.1 Å². The summed E-state index contributed by atoms with van der Waals surface area (Å²) in [6, 6.07) is 4.95. The van der Waals surface area contributed by atoms with E-state index in [9.17, 15) is 17.9 Å². The number of aliphatic hydroxyl groups is 1. The molecule has 0 radical (unpaired) electrons. The van der Waals surface area contributed by atoms with Gasteiger partial charge in [0, 0.05) is 28.7 Å². The summed E-state index contributed by atoms with van der Waals surface area (Å²) in [5.74, 6) is 0.0383. The predicted octanol–water partition coefficient (Wildman–Crippen LogP) is 2.05. The maximum atomic E-state index is 14.9. The number of rotatable bonds is 8. The Morgan fingerprint density at radius 2 is 2.09 bits per heavy atom. The molecule has 32 heavy (non-hydrogen) atoms. The van der Waals surface area contributed by atoms with E-state index in [1.807, 2.05) is 6.92 Å². The second kappa shape index (κ2) is 8.37. The number of nitrogens with one attached hydrogen (secondary N) is 2. The Bertz CT molecular complexity index is 1400. The first-order chi connectivity index (χ1) is 15.1. The number of aryl methyl sites for hydroxylation is 2. The van der Waals surface area contributed by atoms with Crippen LogP contribution in [-0.4, -0.2) is 58.6 Å². The highest BCUT2D eigenvalue weighted by molar-refractivity contribution is 7.88. The highest BCUT2D eigenvalue weighted by Gasteiger charge is 2.19. The molecule has 1 unspecified atom stereocenters. The number of aromatic amines is 1. The van der Waals surface area contributed by atoms with E-state index in [0.717, 1.165) is 11.9 Å². The van der Waals surface area contributed by atoms with Gasteiger partial charge in [0.1, 0.15) is 30.3 Å². The van der Waals surface area contributed by atoms with Crippen molar-refractivity contribution in [3.8, 4) is 17.4 Å². The fourth-order valence-corrected chi connectivity index (χ4v) is 3.78. The number of nitrogens with zero attached hydrogens (tertiary/aromatic N) is 3. The Morgan fingerprint density at radius 1 is 1.31 bits per heavy atom. The van der Waals surface area contributed by atoms with E-state index in [0.29, 0.717) is 27.7 Å². The molecule has 0 aliphatic rings. The van der Waals surface area contributed by atoms with Crippen molar-refractivity contribution in [1.82, 2.24) is 24.3 Å². The van der Waals surface area contributed by atoms with Crippen molar-refractivity contribution < 1.29 is 27.4 Å². The third-order valence-corrected chi connectivity index (χ3v) is 5.49. The summed E-state index contributed by atoms with van der Waals surface area (Å²) < 4.78 is 52.3. The van der Waals surface area contributed by atoms with Crippen LogP contribution in [0.2, 0.25) is 0 Å². The van der Waals surface area contributed by atoms with E-state index >= 15 is 0 Å². The van der Waals surface area contributed by atoms with Crippen LogP contribution in [0.25, 0.3) is 16.4 Å². The van der Waals surface area contributed by atoms with Crippen LogP contribution in [0, 0.1) is 19.7 Å². The number of hydrogen-bond acceptors (Lipinski definition) is 7. The lowest BCUT2D eigenvalue weighted by atomic mass is 10.2. The molecule has 0 aliphatic carbocycles. The van der Waals surface area contributed by atoms with Gasteiger partial charge in [-0.25, -0.2) is 22.0 Å². The predicted molar refractivity (Wildman–Crippen MR) is 115 cm³/mol. The molecular weight excluding hydrogens is 441 g/mol. The van der Waals surface area contributed by atoms with Crippen LogP contribution in [0.3, 0.4) is 0 Å². The molecule has 0 bridgehead atoms. The van der Waals surface area contributed by atoms with Crippen molar-refractivity contribution in [3.05, 3.63) is 47.8 Å². The zero-order chi connectivity index (χ0) is 23.0. The molecule has 0 aliphatic heterocycles. The van der Waals surface area contributed by atoms with Crippen LogP contribution in [-0.2, 0) is 10.0 Å². The van der Waals surface area contributed by atoms with Crippen LogP contribution in [0.4, 0.5) is 4.39 Å². The van der Waals surface area contributed by atoms with Crippen LogP contribution < -0.4 is 14.2 Å². The lowest BCUT2D eigenvalue weighted by Gasteiger charge is -2.12. The molecule has 3 heterocycles. The summed E-state index contributed by atoms with van der Waals surface area (Å²) in [7, 11) is -3.42. The van der Waals surface area contributed by atoms with Crippen LogP contribution in [0.15, 0.2) is 30.7 Å². The summed E-state index contributed by atoms with van der Waals surface area (Å²) in [4.78, 5) is 7.22. The van der Waals surface area contributed by atoms with E-state index in [1.54, 1.807) is 25.3 Å². The van der Waals surface area contributed by atoms with Gasteiger partial charge in [-0.15, -0.1) is 0 Å². The molecule has 0 amide bonds. The first-order valence-electron chi connectivity index (χ1n) is 9.66. The second-order valence-corrected chi connectivity index (χ2v) is 9.29. The van der Waals surface area contributed by atoms with E-state index < -0.39 is 21.9 Å². The van der Waals surface area contributed by atoms with Crippen molar-refractivity contribution in [3.63, 3.8) is 0 Å². The zero-order valence-corrected chi connectivity index (χ0v) is 18.4. The number of aliphatic hydroxyl groups excluding tert-OH is 1. The highest BCUT2D eigenvalue weighted by Crippen LogP contribution is 2.34. The fourth-order valence-electron chi connectivity index (χ4n) is 3.29. The van der Waals surface area contributed by atoms with Crippen LogP contribution in [0.1, 0.15) is 11.3 Å². The molecule has 0 fully saturated rings. The van der Waals surface area contributed by atoms with Gasteiger partial charge in [0.2, 0.25) is 15.9 Å². The van der Waals surface area contributed by atoms with Crippen molar-refractivity contribution in [2.24, 2.45) is 0 Å². The molecule has 4 rings (SSSR count). The number of fused-ring (bicyclic) bond motifs is 2. The summed E-state index contributed by atoms with van der Waals surface area (Å²) in [5.41, 5.74) is 2.58. The molecule has 3 aromatic heterocycles. The summed E-state index contributed by atoms with van der Waals surface area (Å²) in [5, 5.41) is 14.5. The number of hydrogen-bond donors (Lipinski definition) is 3. The third-order valence-electron chi connectivity index (χ3n) is 4.80. The molecule has 1 atom stereocenters. The Hall–Kier alpha value is -3.22. The molecule has 0 spiro atoms. The van der Waals surface area contributed by atoms with E-state index in [1.165, 1.54) is 16.9 Å². The quantitative estimate of drug-likeness (QED) is 0.364. The lowest BCUT2D eigenvalue weighted by Crippen LogP contribution is -2.34. The normalized spacial score (nSPS) is 13.0. The second-order valence-electron chi connectivity index (χ2n) is 7.46.